The van der Waals surface area contributed by atoms with E-state index in [1.165, 1.54) is 37.6 Å². The molecule has 0 aromatic carbocycles. The van der Waals surface area contributed by atoms with E-state index < -0.39 is 5.54 Å². The Kier molecular flexibility index (Phi) is 16.5. The third kappa shape index (κ3) is 12.8. The lowest BCUT2D eigenvalue weighted by Crippen LogP contribution is -2.45. The second-order valence-corrected chi connectivity index (χ2v) is 12.5. The van der Waals surface area contributed by atoms with Gasteiger partial charge in [-0.15, -0.1) is 6.58 Å². The summed E-state index contributed by atoms with van der Waals surface area (Å²) in [4.78, 5) is 47.8. The molecule has 1 heterocycles. The van der Waals surface area contributed by atoms with Gasteiger partial charge in [-0.1, -0.05) is 53.5 Å². The van der Waals surface area contributed by atoms with Crippen LogP contribution >= 0.6 is 11.9 Å². The minimum absolute atomic E-state index is 0.0436. The van der Waals surface area contributed by atoms with Crippen LogP contribution in [0.5, 0.6) is 0 Å². The van der Waals surface area contributed by atoms with Crippen molar-refractivity contribution in [1.29, 1.82) is 0 Å². The molecule has 3 atom stereocenters. The molecule has 224 valence electrons. The first-order valence-corrected chi connectivity index (χ1v) is 15.9. The largest absolute Gasteiger partial charge is 0.353 e. The zero-order chi connectivity index (χ0) is 29.4. The van der Waals surface area contributed by atoms with Crippen LogP contribution in [0.3, 0.4) is 0 Å². The van der Waals surface area contributed by atoms with E-state index in [2.05, 4.69) is 49.6 Å². The van der Waals surface area contributed by atoms with Gasteiger partial charge < -0.3 is 15.5 Å². The predicted molar refractivity (Wildman–Crippen MR) is 161 cm³/mol. The molecule has 0 bridgehead atoms. The lowest BCUT2D eigenvalue weighted by Gasteiger charge is -2.21. The molecule has 0 spiro atoms. The molecule has 2 unspecified atom stereocenters. The van der Waals surface area contributed by atoms with Crippen LogP contribution in [0, 0.1) is 11.8 Å². The van der Waals surface area contributed by atoms with E-state index >= 15 is 0 Å². The first-order chi connectivity index (χ1) is 18.6. The third-order valence-electron chi connectivity index (χ3n) is 7.02. The van der Waals surface area contributed by atoms with Crippen LogP contribution in [-0.2, 0) is 19.2 Å². The van der Waals surface area contributed by atoms with Gasteiger partial charge in [-0.25, -0.2) is 0 Å². The van der Waals surface area contributed by atoms with Crippen molar-refractivity contribution < 1.29 is 19.2 Å². The van der Waals surface area contributed by atoms with Crippen LogP contribution in [0.2, 0.25) is 0 Å². The number of carbonyl (C=O) groups excluding carboxylic acids is 4. The number of likely N-dealkylation sites (tertiary alicyclic amines) is 1. The Morgan fingerprint density at radius 3 is 2.10 bits per heavy atom. The highest BCUT2D eigenvalue weighted by Gasteiger charge is 2.58. The number of nitrogens with zero attached hydrogens (tertiary/aromatic N) is 1. The van der Waals surface area contributed by atoms with Gasteiger partial charge in [-0.3, -0.25) is 23.9 Å². The van der Waals surface area contributed by atoms with Crippen LogP contribution in [0.4, 0.5) is 0 Å². The summed E-state index contributed by atoms with van der Waals surface area (Å²) in [5, 5.41) is 6.20. The van der Waals surface area contributed by atoms with Crippen LogP contribution in [-0.4, -0.2) is 58.4 Å². The van der Waals surface area contributed by atoms with Crippen molar-refractivity contribution >= 4 is 36.1 Å². The number of rotatable bonds is 10. The Morgan fingerprint density at radius 1 is 1.03 bits per heavy atom. The monoisotopic (exact) mass is 566 g/mol. The van der Waals surface area contributed by atoms with Crippen LogP contribution in [0.1, 0.15) is 112 Å². The highest BCUT2D eigenvalue weighted by Crippen LogP contribution is 2.45. The second-order valence-electron chi connectivity index (χ2n) is 11.4. The van der Waals surface area contributed by atoms with Crippen molar-refractivity contribution in [2.24, 2.45) is 11.8 Å². The second kappa shape index (κ2) is 18.3. The van der Waals surface area contributed by atoms with Gasteiger partial charge in [0.1, 0.15) is 5.54 Å². The number of amides is 4. The fourth-order valence-corrected chi connectivity index (χ4v) is 5.45. The summed E-state index contributed by atoms with van der Waals surface area (Å²) >= 11 is 1.47. The van der Waals surface area contributed by atoms with Gasteiger partial charge in [0.25, 0.3) is 5.91 Å². The molecule has 1 saturated heterocycles. The van der Waals surface area contributed by atoms with Crippen molar-refractivity contribution in [2.45, 2.75) is 135 Å². The molecule has 0 aromatic heterocycles. The lowest BCUT2D eigenvalue weighted by molar-refractivity contribution is -0.134. The maximum atomic E-state index is 11.9. The molecule has 0 aromatic rings. The molecule has 39 heavy (non-hydrogen) atoms. The molecule has 4 amide bonds. The van der Waals surface area contributed by atoms with Crippen molar-refractivity contribution in [2.75, 3.05) is 6.54 Å². The zero-order valence-electron chi connectivity index (χ0n) is 25.2. The number of nitrogens with one attached hydrogen (secondary N) is 3. The van der Waals surface area contributed by atoms with Gasteiger partial charge in [0.05, 0.1) is 0 Å². The van der Waals surface area contributed by atoms with Crippen LogP contribution < -0.4 is 15.4 Å². The standard InChI is InChI=1S/C14H24N2O2.C10H14N2O2S.C4H10.C2H6/c1-11-5-4-10-16(11)14(18)9-8-13(17)15-12-6-2-3-7-12;1-2-7-5-10(7,11-6-13)9(14)12-15-8-3-4-8;1-4(2)3;1-2/h11-12H,2-10H2,1H3,(H,15,17);2,6-8H,1,3-5H2,(H,11,13)(H,12,14);4H,1-3H3;1-2H3/t11-;;;/m1.../s1. The molecule has 9 heteroatoms. The minimum atomic E-state index is -0.717. The molecule has 4 rings (SSSR count). The summed E-state index contributed by atoms with van der Waals surface area (Å²) in [6, 6.07) is 0.716. The topological polar surface area (TPSA) is 108 Å². The van der Waals surface area contributed by atoms with Gasteiger partial charge in [0.15, 0.2) is 0 Å². The van der Waals surface area contributed by atoms with Gasteiger partial charge >= 0.3 is 0 Å². The van der Waals surface area contributed by atoms with Crippen molar-refractivity contribution in [3.8, 4) is 0 Å². The van der Waals surface area contributed by atoms with E-state index in [4.69, 9.17) is 0 Å². The summed E-state index contributed by atoms with van der Waals surface area (Å²) in [5.41, 5.74) is -0.717. The third-order valence-corrected chi connectivity index (χ3v) is 8.13. The maximum absolute atomic E-state index is 11.9. The summed E-state index contributed by atoms with van der Waals surface area (Å²) in [7, 11) is 0. The van der Waals surface area contributed by atoms with E-state index in [1.54, 1.807) is 6.08 Å². The van der Waals surface area contributed by atoms with Gasteiger partial charge in [-0.2, -0.15) is 0 Å². The van der Waals surface area contributed by atoms with Crippen LogP contribution in [0.15, 0.2) is 12.7 Å². The average Bonchev–Trinajstić information content (AvgIpc) is 3.76. The van der Waals surface area contributed by atoms with Crippen LogP contribution in [0.25, 0.3) is 0 Å². The first kappa shape index (κ1) is 35.0. The van der Waals surface area contributed by atoms with Crippen molar-refractivity contribution in [3.05, 3.63) is 12.7 Å². The van der Waals surface area contributed by atoms with E-state index in [0.29, 0.717) is 43.0 Å². The van der Waals surface area contributed by atoms with Crippen molar-refractivity contribution in [1.82, 2.24) is 20.3 Å². The number of hydrogen-bond donors (Lipinski definition) is 3. The Hall–Kier alpha value is -2.03. The Bertz CT molecular complexity index is 780. The number of hydrogen-bond acceptors (Lipinski definition) is 5. The molecule has 4 fully saturated rings. The quantitative estimate of drug-likeness (QED) is 0.193. The highest BCUT2D eigenvalue weighted by atomic mass is 32.2. The van der Waals surface area contributed by atoms with Gasteiger partial charge in [-0.05, 0) is 69.7 Å². The van der Waals surface area contributed by atoms with Gasteiger partial charge in [0.2, 0.25) is 18.2 Å². The molecule has 0 radical (unpaired) electrons. The molecule has 4 aliphatic rings. The smallest absolute Gasteiger partial charge is 0.256 e. The zero-order valence-corrected chi connectivity index (χ0v) is 26.0. The van der Waals surface area contributed by atoms with Crippen molar-refractivity contribution in [3.63, 3.8) is 0 Å². The lowest BCUT2D eigenvalue weighted by atomic mass is 10.2. The van der Waals surface area contributed by atoms with E-state index in [9.17, 15) is 19.2 Å². The summed E-state index contributed by atoms with van der Waals surface area (Å²) in [6.07, 6.45) is 12.8. The molecule has 3 aliphatic carbocycles. The van der Waals surface area contributed by atoms with E-state index in [0.717, 1.165) is 38.1 Å². The molecule has 3 saturated carbocycles. The minimum Gasteiger partial charge on any atom is -0.353 e. The normalized spacial score (nSPS) is 25.1. The average molecular weight is 567 g/mol. The van der Waals surface area contributed by atoms with E-state index in [1.807, 2.05) is 18.7 Å². The summed E-state index contributed by atoms with van der Waals surface area (Å²) in [5.74, 6) is 0.988. The Morgan fingerprint density at radius 2 is 1.64 bits per heavy atom. The Labute approximate surface area is 241 Å². The molecule has 1 aliphatic heterocycles. The molecule has 8 nitrogen and oxygen atoms in total. The maximum Gasteiger partial charge on any atom is 0.256 e. The van der Waals surface area contributed by atoms with E-state index in [-0.39, 0.29) is 23.6 Å². The summed E-state index contributed by atoms with van der Waals surface area (Å²) < 4.78 is 2.81. The highest BCUT2D eigenvalue weighted by molar-refractivity contribution is 7.98. The summed E-state index contributed by atoms with van der Waals surface area (Å²) in [6.45, 7) is 17.1. The molecular formula is C30H54N4O4S. The molecule has 3 N–H and O–H groups in total. The molecular weight excluding hydrogens is 512 g/mol. The first-order valence-electron chi connectivity index (χ1n) is 15.0. The SMILES string of the molecule is C=CC1CC1(NC=O)C(=O)NSC1CC1.CC.CC(C)C.C[C@@H]1CCCN1C(=O)CCC(=O)NC1CCCC1. The fraction of sp³-hybridized carbons (Fsp3) is 0.800. The number of carbonyl (C=O) groups is 4. The fourth-order valence-electron chi connectivity index (χ4n) is 4.62. The Balaban J connectivity index is 0.000000328. The van der Waals surface area contributed by atoms with Gasteiger partial charge in [0, 0.05) is 42.6 Å². The predicted octanol–water partition coefficient (Wildman–Crippen LogP) is 5.13.